The monoisotopic (exact) mass is 908 g/mol. The second-order valence-corrected chi connectivity index (χ2v) is 16.4. The molecule has 22 nitrogen and oxygen atoms in total. The molecule has 1 saturated heterocycles. The third kappa shape index (κ3) is 9.71. The van der Waals surface area contributed by atoms with Crippen molar-refractivity contribution >= 4 is 57.6 Å². The van der Waals surface area contributed by atoms with E-state index in [2.05, 4.69) is 26.1 Å². The molecule has 2 aliphatic heterocycles. The smallest absolute Gasteiger partial charge is 0.276 e. The van der Waals surface area contributed by atoms with Crippen LogP contribution in [-0.2, 0) is 29.2 Å². The first-order valence-corrected chi connectivity index (χ1v) is 22.2. The van der Waals surface area contributed by atoms with Gasteiger partial charge in [-0.25, -0.2) is 9.97 Å². The standard InChI is InChI=1S/C44H56N14O8/c1-5-56-32(17-25(3)52-56)41(62)50-43-48-30-19-27(39(45)60)21-34(65-14-8-10-47-36(59)23-54-12-15-64-16-13-54)37(30)55(43)11-7-9-29-24-66-35-22-28(40(46)61)20-31-38(35)58(29)44(49-31)51-42(63)33-18-26(4)53-57(33)6-2/h17-22,29,40,61H,5-16,23-24,46H2,1-4H3,(H2,45,60)(H,47,59)(H,48,50,62)(H,49,51,63)/t29-,40?/m0/s1. The van der Waals surface area contributed by atoms with Gasteiger partial charge in [0.05, 0.1) is 54.8 Å². The Bertz CT molecular complexity index is 2780. The SMILES string of the molecule is CCn1nc(C)cc1C(=O)Nc1nc2cc(C(N)=O)cc(OCCCNC(=O)CN3CCOCC3)c2n1CCC[C@H]1COc2cc(C(N)O)cc3nc(NC(=O)c4cc(C)nn4CC)n1c23. The molecule has 22 heteroatoms. The van der Waals surface area contributed by atoms with Gasteiger partial charge in [0.25, 0.3) is 11.8 Å². The van der Waals surface area contributed by atoms with Gasteiger partial charge in [0, 0.05) is 50.4 Å². The van der Waals surface area contributed by atoms with Gasteiger partial charge < -0.3 is 45.2 Å². The van der Waals surface area contributed by atoms with Crippen LogP contribution in [0.25, 0.3) is 22.1 Å². The van der Waals surface area contributed by atoms with Crippen LogP contribution in [-0.4, -0.2) is 125 Å². The molecule has 0 radical (unpaired) electrons. The lowest BCUT2D eigenvalue weighted by molar-refractivity contribution is -0.123. The van der Waals surface area contributed by atoms with Crippen molar-refractivity contribution in [2.75, 3.05) is 63.2 Å². The minimum atomic E-state index is -1.28. The molecule has 0 spiro atoms. The number of rotatable bonds is 19. The molecule has 2 aliphatic rings. The number of nitrogens with two attached hydrogens (primary N) is 2. The number of anilines is 2. The molecule has 4 amide bonds. The van der Waals surface area contributed by atoms with Crippen LogP contribution in [0.2, 0.25) is 0 Å². The number of nitrogens with one attached hydrogen (secondary N) is 3. The lowest BCUT2D eigenvalue weighted by Crippen LogP contribution is -2.43. The van der Waals surface area contributed by atoms with Gasteiger partial charge >= 0.3 is 0 Å². The molecule has 1 fully saturated rings. The third-order valence-corrected chi connectivity index (χ3v) is 11.6. The Kier molecular flexibility index (Phi) is 13.6. The zero-order valence-corrected chi connectivity index (χ0v) is 37.5. The van der Waals surface area contributed by atoms with Gasteiger partial charge in [0.15, 0.2) is 0 Å². The normalized spacial score (nSPS) is 15.5. The predicted molar refractivity (Wildman–Crippen MR) is 242 cm³/mol. The summed E-state index contributed by atoms with van der Waals surface area (Å²) in [7, 11) is 0. The number of hydrogen-bond acceptors (Lipinski definition) is 14. The maximum Gasteiger partial charge on any atom is 0.276 e. The van der Waals surface area contributed by atoms with Crippen LogP contribution in [0.15, 0.2) is 36.4 Å². The van der Waals surface area contributed by atoms with E-state index >= 15 is 0 Å². The number of benzene rings is 2. The second-order valence-electron chi connectivity index (χ2n) is 16.4. The second kappa shape index (κ2) is 19.7. The van der Waals surface area contributed by atoms with Crippen LogP contribution in [0.1, 0.15) is 93.7 Å². The number of aromatic nitrogens is 8. The maximum atomic E-state index is 13.9. The minimum absolute atomic E-state index is 0.0935. The first-order valence-electron chi connectivity index (χ1n) is 22.2. The average Bonchev–Trinajstić information content (AvgIpc) is 4.07. The van der Waals surface area contributed by atoms with E-state index in [4.69, 9.17) is 35.6 Å². The van der Waals surface area contributed by atoms with Crippen LogP contribution >= 0.6 is 0 Å². The molecule has 0 saturated carbocycles. The lowest BCUT2D eigenvalue weighted by atomic mass is 10.1. The topological polar surface area (TPSA) is 279 Å². The van der Waals surface area contributed by atoms with Crippen molar-refractivity contribution in [2.24, 2.45) is 11.5 Å². The van der Waals surface area contributed by atoms with Crippen molar-refractivity contribution < 1.29 is 38.5 Å². The number of morpholine rings is 1. The Balaban J connectivity index is 1.08. The Morgan fingerprint density at radius 3 is 2.18 bits per heavy atom. The van der Waals surface area contributed by atoms with E-state index in [9.17, 15) is 24.3 Å². The highest BCUT2D eigenvalue weighted by molar-refractivity contribution is 6.05. The molecule has 2 aromatic carbocycles. The Morgan fingerprint density at radius 1 is 0.879 bits per heavy atom. The predicted octanol–water partition coefficient (Wildman–Crippen LogP) is 2.62. The molecule has 6 aromatic rings. The van der Waals surface area contributed by atoms with Gasteiger partial charge in [0.1, 0.15) is 46.8 Å². The van der Waals surface area contributed by atoms with Gasteiger partial charge in [-0.15, -0.1) is 0 Å². The molecular formula is C44H56N14O8. The number of primary amides is 1. The molecule has 0 aliphatic carbocycles. The highest BCUT2D eigenvalue weighted by Crippen LogP contribution is 2.40. The van der Waals surface area contributed by atoms with Crippen LogP contribution in [0.3, 0.4) is 0 Å². The molecule has 8 rings (SSSR count). The number of nitrogens with zero attached hydrogens (tertiary/aromatic N) is 9. The number of aliphatic hydroxyl groups excluding tert-OH is 1. The summed E-state index contributed by atoms with van der Waals surface area (Å²) in [6, 6.07) is 9.53. The summed E-state index contributed by atoms with van der Waals surface area (Å²) in [5.74, 6) is -0.334. The van der Waals surface area contributed by atoms with Gasteiger partial charge in [-0.3, -0.25) is 44.1 Å². The van der Waals surface area contributed by atoms with E-state index in [0.29, 0.717) is 134 Å². The highest BCUT2D eigenvalue weighted by Gasteiger charge is 2.30. The molecule has 350 valence electrons. The van der Waals surface area contributed by atoms with Gasteiger partial charge in [-0.05, 0) is 83.4 Å². The number of amides is 4. The van der Waals surface area contributed by atoms with Crippen molar-refractivity contribution in [3.8, 4) is 11.5 Å². The first-order chi connectivity index (χ1) is 31.8. The zero-order valence-electron chi connectivity index (χ0n) is 37.5. The summed E-state index contributed by atoms with van der Waals surface area (Å²) in [4.78, 5) is 64.6. The number of hydrogen-bond donors (Lipinski definition) is 6. The lowest BCUT2D eigenvalue weighted by Gasteiger charge is -2.28. The van der Waals surface area contributed by atoms with Gasteiger partial charge in [0.2, 0.25) is 23.7 Å². The summed E-state index contributed by atoms with van der Waals surface area (Å²) < 4.78 is 25.0. The summed E-state index contributed by atoms with van der Waals surface area (Å²) in [5, 5.41) is 28.1. The minimum Gasteiger partial charge on any atom is -0.491 e. The largest absolute Gasteiger partial charge is 0.491 e. The number of carbonyl (C=O) groups excluding carboxylic acids is 4. The van der Waals surface area contributed by atoms with E-state index in [1.807, 2.05) is 41.7 Å². The van der Waals surface area contributed by atoms with Gasteiger partial charge in [-0.2, -0.15) is 10.2 Å². The van der Waals surface area contributed by atoms with Crippen LogP contribution in [0.5, 0.6) is 11.5 Å². The fourth-order valence-electron chi connectivity index (χ4n) is 8.46. The maximum absolute atomic E-state index is 13.9. The van der Waals surface area contributed by atoms with Gasteiger partial charge in [-0.1, -0.05) is 0 Å². The van der Waals surface area contributed by atoms with E-state index in [-0.39, 0.29) is 49.2 Å². The Hall–Kier alpha value is -6.88. The average molecular weight is 909 g/mol. The Labute approximate surface area is 379 Å². The van der Waals surface area contributed by atoms with E-state index in [0.717, 1.165) is 0 Å². The molecule has 6 heterocycles. The van der Waals surface area contributed by atoms with Crippen molar-refractivity contribution in [3.05, 3.63) is 70.3 Å². The highest BCUT2D eigenvalue weighted by atomic mass is 16.5. The number of ether oxygens (including phenoxy) is 3. The summed E-state index contributed by atoms with van der Waals surface area (Å²) in [6.07, 6.45) is 0.172. The molecule has 2 atom stereocenters. The molecular weight excluding hydrogens is 853 g/mol. The first kappa shape index (κ1) is 45.7. The third-order valence-electron chi connectivity index (χ3n) is 11.6. The van der Waals surface area contributed by atoms with Crippen molar-refractivity contribution in [2.45, 2.75) is 78.9 Å². The number of aryl methyl sites for hydroxylation is 5. The van der Waals surface area contributed by atoms with E-state index in [1.165, 1.54) is 0 Å². The van der Waals surface area contributed by atoms with E-state index in [1.54, 1.807) is 45.8 Å². The summed E-state index contributed by atoms with van der Waals surface area (Å²) >= 11 is 0. The zero-order chi connectivity index (χ0) is 46.6. The fraction of sp³-hybridized carbons (Fsp3) is 0.455. The van der Waals surface area contributed by atoms with Crippen LogP contribution in [0.4, 0.5) is 11.9 Å². The summed E-state index contributed by atoms with van der Waals surface area (Å²) in [5.41, 5.74) is 16.3. The molecule has 1 unspecified atom stereocenters. The summed E-state index contributed by atoms with van der Waals surface area (Å²) in [6.45, 7) is 12.3. The Morgan fingerprint density at radius 2 is 1.53 bits per heavy atom. The molecule has 66 heavy (non-hydrogen) atoms. The number of aliphatic hydroxyl groups is 1. The number of carbonyl (C=O) groups is 4. The molecule has 4 aromatic heterocycles. The molecule has 0 bridgehead atoms. The van der Waals surface area contributed by atoms with Crippen molar-refractivity contribution in [1.29, 1.82) is 0 Å². The number of fused-ring (bicyclic) bond motifs is 1. The quantitative estimate of drug-likeness (QED) is 0.0504. The van der Waals surface area contributed by atoms with Crippen molar-refractivity contribution in [3.63, 3.8) is 0 Å². The molecule has 8 N–H and O–H groups in total. The number of imidazole rings is 2. The van der Waals surface area contributed by atoms with E-state index < -0.39 is 23.9 Å². The van der Waals surface area contributed by atoms with Crippen LogP contribution in [0, 0.1) is 13.8 Å². The fourth-order valence-corrected chi connectivity index (χ4v) is 8.46. The van der Waals surface area contributed by atoms with Crippen LogP contribution < -0.4 is 36.9 Å². The van der Waals surface area contributed by atoms with Crippen molar-refractivity contribution in [1.82, 2.24) is 48.9 Å².